The van der Waals surface area contributed by atoms with Crippen molar-refractivity contribution < 1.29 is 9.53 Å². The monoisotopic (exact) mass is 339 g/mol. The average Bonchev–Trinajstić information content (AvgIpc) is 2.47. The number of rotatable bonds is 5. The van der Waals surface area contributed by atoms with Gasteiger partial charge in [0.15, 0.2) is 0 Å². The number of ether oxygens (including phenoxy) is 1. The predicted octanol–water partition coefficient (Wildman–Crippen LogP) is 4.37. The quantitative estimate of drug-likeness (QED) is 0.809. The highest BCUT2D eigenvalue weighted by atomic mass is 79.9. The fraction of sp³-hybridized carbons (Fsp3) is 0.562. The summed E-state index contributed by atoms with van der Waals surface area (Å²) in [7, 11) is 0. The Kier molecular flexibility index (Phi) is 5.46. The number of alkyl halides is 1. The second-order valence-corrected chi connectivity index (χ2v) is 6.25. The highest BCUT2D eigenvalue weighted by molar-refractivity contribution is 9.09. The number of halogens is 1. The molecule has 1 saturated carbocycles. The zero-order valence-electron chi connectivity index (χ0n) is 12.0. The number of hydrogen-bond acceptors (Lipinski definition) is 2. The molecule has 3 nitrogen and oxygen atoms in total. The van der Waals surface area contributed by atoms with Gasteiger partial charge in [-0.05, 0) is 37.1 Å². The number of amides is 1. The summed E-state index contributed by atoms with van der Waals surface area (Å²) in [6, 6.07) is 7.57. The smallest absolute Gasteiger partial charge is 0.221 e. The Balaban J connectivity index is 1.91. The molecule has 4 heteroatoms. The molecule has 0 spiro atoms. The first kappa shape index (κ1) is 15.4. The maximum Gasteiger partial charge on any atom is 0.221 e. The van der Waals surface area contributed by atoms with Crippen LogP contribution in [0.2, 0.25) is 0 Å². The van der Waals surface area contributed by atoms with Gasteiger partial charge in [-0.15, -0.1) is 0 Å². The minimum absolute atomic E-state index is 0.0564. The molecule has 0 aliphatic heterocycles. The number of benzene rings is 1. The zero-order chi connectivity index (χ0) is 14.4. The molecule has 1 aromatic rings. The van der Waals surface area contributed by atoms with Gasteiger partial charge >= 0.3 is 0 Å². The Labute approximate surface area is 129 Å². The number of anilines is 1. The van der Waals surface area contributed by atoms with Crippen molar-refractivity contribution in [3.8, 4) is 5.75 Å². The summed E-state index contributed by atoms with van der Waals surface area (Å²) in [4.78, 5) is 11.0. The summed E-state index contributed by atoms with van der Waals surface area (Å²) in [6.07, 6.45) is 6.43. The van der Waals surface area contributed by atoms with E-state index < -0.39 is 0 Å². The molecule has 1 aliphatic carbocycles. The van der Waals surface area contributed by atoms with Crippen LogP contribution in [0.25, 0.3) is 0 Å². The fourth-order valence-corrected chi connectivity index (χ4v) is 3.42. The summed E-state index contributed by atoms with van der Waals surface area (Å²) in [6.45, 7) is 2.27. The maximum atomic E-state index is 11.0. The lowest BCUT2D eigenvalue weighted by molar-refractivity contribution is -0.114. The maximum absolute atomic E-state index is 11.0. The second-order valence-electron chi connectivity index (χ2n) is 5.69. The summed E-state index contributed by atoms with van der Waals surface area (Å²) in [5.74, 6) is 0.809. The normalized spacial score (nSPS) is 17.5. The Morgan fingerprint density at radius 2 is 1.90 bits per heavy atom. The van der Waals surface area contributed by atoms with Gasteiger partial charge in [0.1, 0.15) is 5.75 Å². The SMILES string of the molecule is CC(=O)Nc1ccc(OCC2(CBr)CCCCC2)cc1. The molecule has 0 saturated heterocycles. The van der Waals surface area contributed by atoms with Crippen molar-refractivity contribution in [1.82, 2.24) is 0 Å². The molecule has 0 aromatic heterocycles. The van der Waals surface area contributed by atoms with Crippen molar-refractivity contribution >= 4 is 27.5 Å². The fourth-order valence-electron chi connectivity index (χ4n) is 2.69. The highest BCUT2D eigenvalue weighted by Crippen LogP contribution is 2.38. The first-order chi connectivity index (χ1) is 9.63. The van der Waals surface area contributed by atoms with Crippen LogP contribution in [-0.4, -0.2) is 17.8 Å². The minimum atomic E-state index is -0.0564. The van der Waals surface area contributed by atoms with Crippen LogP contribution in [-0.2, 0) is 4.79 Å². The summed E-state index contributed by atoms with van der Waals surface area (Å²) >= 11 is 3.65. The van der Waals surface area contributed by atoms with Crippen LogP contribution in [0, 0.1) is 5.41 Å². The minimum Gasteiger partial charge on any atom is -0.493 e. The van der Waals surface area contributed by atoms with Gasteiger partial charge in [-0.2, -0.15) is 0 Å². The molecule has 0 heterocycles. The summed E-state index contributed by atoms with van der Waals surface area (Å²) < 4.78 is 5.96. The average molecular weight is 340 g/mol. The molecule has 1 aliphatic rings. The van der Waals surface area contributed by atoms with Gasteiger partial charge in [-0.3, -0.25) is 4.79 Å². The third kappa shape index (κ3) is 4.23. The molecule has 2 rings (SSSR count). The molecule has 1 fully saturated rings. The van der Waals surface area contributed by atoms with Crippen molar-refractivity contribution in [3.05, 3.63) is 24.3 Å². The zero-order valence-corrected chi connectivity index (χ0v) is 13.5. The van der Waals surface area contributed by atoms with E-state index >= 15 is 0 Å². The van der Waals surface area contributed by atoms with Crippen molar-refractivity contribution in [2.45, 2.75) is 39.0 Å². The lowest BCUT2D eigenvalue weighted by Crippen LogP contribution is -2.32. The number of carbonyl (C=O) groups excluding carboxylic acids is 1. The van der Waals surface area contributed by atoms with E-state index in [9.17, 15) is 4.79 Å². The molecule has 0 atom stereocenters. The third-order valence-electron chi connectivity index (χ3n) is 3.92. The van der Waals surface area contributed by atoms with Crippen LogP contribution in [0.15, 0.2) is 24.3 Å². The topological polar surface area (TPSA) is 38.3 Å². The molecule has 0 bridgehead atoms. The third-order valence-corrected chi connectivity index (χ3v) is 5.11. The summed E-state index contributed by atoms with van der Waals surface area (Å²) in [5.41, 5.74) is 1.09. The summed E-state index contributed by atoms with van der Waals surface area (Å²) in [5, 5.41) is 3.76. The van der Waals surface area contributed by atoms with E-state index in [1.54, 1.807) is 0 Å². The van der Waals surface area contributed by atoms with Gasteiger partial charge in [-0.1, -0.05) is 35.2 Å². The van der Waals surface area contributed by atoms with Crippen LogP contribution in [0.5, 0.6) is 5.75 Å². The number of hydrogen-bond donors (Lipinski definition) is 1. The van der Waals surface area contributed by atoms with E-state index in [0.29, 0.717) is 0 Å². The van der Waals surface area contributed by atoms with E-state index in [2.05, 4.69) is 21.2 Å². The lowest BCUT2D eigenvalue weighted by Gasteiger charge is -2.35. The van der Waals surface area contributed by atoms with Gasteiger partial charge in [0, 0.05) is 23.4 Å². The largest absolute Gasteiger partial charge is 0.493 e. The molecule has 20 heavy (non-hydrogen) atoms. The number of nitrogens with one attached hydrogen (secondary N) is 1. The molecule has 0 unspecified atom stereocenters. The van der Waals surface area contributed by atoms with Crippen molar-refractivity contribution in [2.75, 3.05) is 17.3 Å². The van der Waals surface area contributed by atoms with Gasteiger partial charge in [0.05, 0.1) is 6.61 Å². The van der Waals surface area contributed by atoms with Crippen LogP contribution in [0.3, 0.4) is 0 Å². The molecule has 1 N–H and O–H groups in total. The van der Waals surface area contributed by atoms with Gasteiger partial charge in [-0.25, -0.2) is 0 Å². The van der Waals surface area contributed by atoms with Crippen LogP contribution < -0.4 is 10.1 Å². The van der Waals surface area contributed by atoms with E-state index in [1.165, 1.54) is 39.0 Å². The lowest BCUT2D eigenvalue weighted by atomic mass is 9.76. The van der Waals surface area contributed by atoms with Gasteiger partial charge < -0.3 is 10.1 Å². The number of carbonyl (C=O) groups is 1. The Hall–Kier alpha value is -1.03. The van der Waals surface area contributed by atoms with Crippen molar-refractivity contribution in [3.63, 3.8) is 0 Å². The van der Waals surface area contributed by atoms with E-state index in [4.69, 9.17) is 4.74 Å². The molecule has 1 aromatic carbocycles. The predicted molar refractivity (Wildman–Crippen MR) is 85.6 cm³/mol. The van der Waals surface area contributed by atoms with Crippen molar-refractivity contribution in [1.29, 1.82) is 0 Å². The highest BCUT2D eigenvalue weighted by Gasteiger charge is 2.31. The molecular formula is C16H22BrNO2. The van der Waals surface area contributed by atoms with E-state index in [0.717, 1.165) is 23.4 Å². The Morgan fingerprint density at radius 3 is 2.45 bits per heavy atom. The standard InChI is InChI=1S/C16H22BrNO2/c1-13(19)18-14-5-7-15(8-6-14)20-12-16(11-17)9-3-2-4-10-16/h5-8H,2-4,9-12H2,1H3,(H,18,19). The molecular weight excluding hydrogens is 318 g/mol. The van der Waals surface area contributed by atoms with Gasteiger partial charge in [0.2, 0.25) is 5.91 Å². The van der Waals surface area contributed by atoms with Crippen LogP contribution >= 0.6 is 15.9 Å². The van der Waals surface area contributed by atoms with Crippen LogP contribution in [0.4, 0.5) is 5.69 Å². The second kappa shape index (κ2) is 7.11. The first-order valence-electron chi connectivity index (χ1n) is 7.20. The Morgan fingerprint density at radius 1 is 1.25 bits per heavy atom. The van der Waals surface area contributed by atoms with Gasteiger partial charge in [0.25, 0.3) is 0 Å². The Bertz CT molecular complexity index is 438. The van der Waals surface area contributed by atoms with Crippen molar-refractivity contribution in [2.24, 2.45) is 5.41 Å². The molecule has 110 valence electrons. The molecule has 0 radical (unpaired) electrons. The first-order valence-corrected chi connectivity index (χ1v) is 8.32. The molecule has 1 amide bonds. The van der Waals surface area contributed by atoms with E-state index in [-0.39, 0.29) is 11.3 Å². The van der Waals surface area contributed by atoms with E-state index in [1.807, 2.05) is 24.3 Å². The van der Waals surface area contributed by atoms with Crippen LogP contribution in [0.1, 0.15) is 39.0 Å².